The van der Waals surface area contributed by atoms with Crippen molar-refractivity contribution in [3.8, 4) is 11.1 Å². The molecule has 4 nitrogen and oxygen atoms in total. The Morgan fingerprint density at radius 2 is 1.50 bits per heavy atom. The van der Waals surface area contributed by atoms with E-state index in [1.807, 2.05) is 42.5 Å². The van der Waals surface area contributed by atoms with Gasteiger partial charge in [-0.25, -0.2) is 0 Å². The molecule has 1 saturated heterocycles. The number of anilines is 1. The standard InChI is InChI=1S/C26H22ClF3N2O2/c27-22-11-10-21(26(28,29)30)16-23(22)31-24(33)19-12-14-32(15-13-19)25(34)20-8-6-18(7-9-20)17-4-2-1-3-5-17/h1-11,16,19H,12-15H2,(H,31,33). The van der Waals surface area contributed by atoms with Gasteiger partial charge in [0, 0.05) is 24.6 Å². The number of rotatable bonds is 4. The van der Waals surface area contributed by atoms with Crippen molar-refractivity contribution >= 4 is 29.1 Å². The maximum Gasteiger partial charge on any atom is 0.416 e. The van der Waals surface area contributed by atoms with Crippen LogP contribution in [0.25, 0.3) is 11.1 Å². The first-order valence-electron chi connectivity index (χ1n) is 10.8. The molecular formula is C26H22ClF3N2O2. The monoisotopic (exact) mass is 486 g/mol. The van der Waals surface area contributed by atoms with Gasteiger partial charge in [-0.3, -0.25) is 9.59 Å². The van der Waals surface area contributed by atoms with Crippen molar-refractivity contribution in [2.75, 3.05) is 18.4 Å². The van der Waals surface area contributed by atoms with E-state index >= 15 is 0 Å². The van der Waals surface area contributed by atoms with Gasteiger partial charge in [-0.05, 0) is 54.3 Å². The summed E-state index contributed by atoms with van der Waals surface area (Å²) >= 11 is 5.98. The summed E-state index contributed by atoms with van der Waals surface area (Å²) in [7, 11) is 0. The molecule has 0 bridgehead atoms. The van der Waals surface area contributed by atoms with Crippen molar-refractivity contribution in [1.82, 2.24) is 4.90 Å². The lowest BCUT2D eigenvalue weighted by atomic mass is 9.95. The highest BCUT2D eigenvalue weighted by atomic mass is 35.5. The summed E-state index contributed by atoms with van der Waals surface area (Å²) in [5, 5.41) is 2.55. The molecule has 1 fully saturated rings. The summed E-state index contributed by atoms with van der Waals surface area (Å²) in [5.74, 6) is -0.935. The fourth-order valence-corrected chi connectivity index (χ4v) is 4.16. The van der Waals surface area contributed by atoms with Crippen LogP contribution in [0.3, 0.4) is 0 Å². The average Bonchev–Trinajstić information content (AvgIpc) is 2.85. The van der Waals surface area contributed by atoms with Crippen LogP contribution in [0.1, 0.15) is 28.8 Å². The van der Waals surface area contributed by atoms with Gasteiger partial charge in [-0.1, -0.05) is 54.1 Å². The van der Waals surface area contributed by atoms with Crippen LogP contribution >= 0.6 is 11.6 Å². The quantitative estimate of drug-likeness (QED) is 0.456. The molecule has 0 atom stereocenters. The number of likely N-dealkylation sites (tertiary alicyclic amines) is 1. The second-order valence-electron chi connectivity index (χ2n) is 8.19. The molecule has 0 aromatic heterocycles. The van der Waals surface area contributed by atoms with Crippen molar-refractivity contribution in [2.45, 2.75) is 19.0 Å². The van der Waals surface area contributed by atoms with Crippen LogP contribution in [-0.4, -0.2) is 29.8 Å². The number of hydrogen-bond acceptors (Lipinski definition) is 2. The van der Waals surface area contributed by atoms with Gasteiger partial charge < -0.3 is 10.2 Å². The molecule has 2 amide bonds. The van der Waals surface area contributed by atoms with Crippen molar-refractivity contribution in [3.05, 3.63) is 88.9 Å². The Bertz CT molecular complexity index is 1170. The van der Waals surface area contributed by atoms with E-state index in [2.05, 4.69) is 5.32 Å². The largest absolute Gasteiger partial charge is 0.416 e. The predicted molar refractivity (Wildman–Crippen MR) is 126 cm³/mol. The summed E-state index contributed by atoms with van der Waals surface area (Å²) in [5.41, 5.74) is 1.69. The maximum atomic E-state index is 13.0. The van der Waals surface area contributed by atoms with Gasteiger partial charge in [0.15, 0.2) is 0 Å². The minimum Gasteiger partial charge on any atom is -0.339 e. The number of nitrogens with one attached hydrogen (secondary N) is 1. The normalized spacial score (nSPS) is 14.6. The van der Waals surface area contributed by atoms with Crippen LogP contribution in [0.4, 0.5) is 18.9 Å². The summed E-state index contributed by atoms with van der Waals surface area (Å²) in [6.45, 7) is 0.765. The summed E-state index contributed by atoms with van der Waals surface area (Å²) in [6, 6.07) is 20.1. The molecule has 0 radical (unpaired) electrons. The lowest BCUT2D eigenvalue weighted by Crippen LogP contribution is -2.41. The van der Waals surface area contributed by atoms with Gasteiger partial charge in [0.05, 0.1) is 16.3 Å². The van der Waals surface area contributed by atoms with Gasteiger partial charge in [-0.2, -0.15) is 13.2 Å². The summed E-state index contributed by atoms with van der Waals surface area (Å²) in [4.78, 5) is 27.2. The maximum absolute atomic E-state index is 13.0. The van der Waals surface area contributed by atoms with Crippen molar-refractivity contribution < 1.29 is 22.8 Å². The first-order chi connectivity index (χ1) is 16.2. The van der Waals surface area contributed by atoms with E-state index in [9.17, 15) is 22.8 Å². The third-order valence-electron chi connectivity index (χ3n) is 5.94. The molecular weight excluding hydrogens is 465 g/mol. The van der Waals surface area contributed by atoms with E-state index in [4.69, 9.17) is 11.6 Å². The predicted octanol–water partition coefficient (Wildman–Crippen LogP) is 6.52. The van der Waals surface area contributed by atoms with E-state index in [0.29, 0.717) is 31.5 Å². The van der Waals surface area contributed by atoms with Gasteiger partial charge in [0.2, 0.25) is 5.91 Å². The second-order valence-corrected chi connectivity index (χ2v) is 8.60. The fourth-order valence-electron chi connectivity index (χ4n) is 4.00. The molecule has 0 aliphatic carbocycles. The Morgan fingerprint density at radius 1 is 0.882 bits per heavy atom. The minimum atomic E-state index is -4.53. The van der Waals surface area contributed by atoms with Crippen LogP contribution in [0.5, 0.6) is 0 Å². The number of halogens is 4. The zero-order valence-electron chi connectivity index (χ0n) is 18.1. The number of hydrogen-bond donors (Lipinski definition) is 1. The Morgan fingerprint density at radius 3 is 2.12 bits per heavy atom. The Labute approximate surface area is 200 Å². The number of amides is 2. The number of nitrogens with zero attached hydrogens (tertiary/aromatic N) is 1. The molecule has 1 heterocycles. The Balaban J connectivity index is 1.35. The van der Waals surface area contributed by atoms with E-state index in [1.165, 1.54) is 0 Å². The number of piperidine rings is 1. The molecule has 0 saturated carbocycles. The number of alkyl halides is 3. The zero-order chi connectivity index (χ0) is 24.3. The minimum absolute atomic E-state index is 0.0351. The number of carbonyl (C=O) groups is 2. The molecule has 8 heteroatoms. The van der Waals surface area contributed by atoms with Gasteiger partial charge in [-0.15, -0.1) is 0 Å². The second kappa shape index (κ2) is 9.89. The average molecular weight is 487 g/mol. The zero-order valence-corrected chi connectivity index (χ0v) is 18.9. The SMILES string of the molecule is O=C(Nc1cc(C(F)(F)F)ccc1Cl)C1CCN(C(=O)c2ccc(-c3ccccc3)cc2)CC1. The topological polar surface area (TPSA) is 49.4 Å². The van der Waals surface area contributed by atoms with Gasteiger partial charge in [0.25, 0.3) is 5.91 Å². The third-order valence-corrected chi connectivity index (χ3v) is 6.27. The van der Waals surface area contributed by atoms with Crippen LogP contribution < -0.4 is 5.32 Å². The molecule has 176 valence electrons. The lowest BCUT2D eigenvalue weighted by Gasteiger charge is -2.31. The van der Waals surface area contributed by atoms with Crippen molar-refractivity contribution in [2.24, 2.45) is 5.92 Å². The lowest BCUT2D eigenvalue weighted by molar-refractivity contribution is -0.137. The van der Waals surface area contributed by atoms with Crippen molar-refractivity contribution in [1.29, 1.82) is 0 Å². The molecule has 1 aliphatic rings. The third kappa shape index (κ3) is 5.42. The molecule has 34 heavy (non-hydrogen) atoms. The molecule has 0 unspecified atom stereocenters. The molecule has 1 N–H and O–H groups in total. The van der Waals surface area contributed by atoms with Crippen LogP contribution in [-0.2, 0) is 11.0 Å². The Hall–Kier alpha value is -3.32. The Kier molecular flexibility index (Phi) is 6.93. The van der Waals surface area contributed by atoms with E-state index in [-0.39, 0.29) is 16.6 Å². The highest BCUT2D eigenvalue weighted by Gasteiger charge is 2.32. The van der Waals surface area contributed by atoms with Gasteiger partial charge >= 0.3 is 6.18 Å². The van der Waals surface area contributed by atoms with E-state index in [1.54, 1.807) is 17.0 Å². The number of carbonyl (C=O) groups excluding carboxylic acids is 2. The first kappa shape index (κ1) is 23.8. The highest BCUT2D eigenvalue weighted by molar-refractivity contribution is 6.33. The molecule has 1 aliphatic heterocycles. The van der Waals surface area contributed by atoms with Crippen LogP contribution in [0, 0.1) is 5.92 Å². The highest BCUT2D eigenvalue weighted by Crippen LogP contribution is 2.34. The van der Waals surface area contributed by atoms with Crippen molar-refractivity contribution in [3.63, 3.8) is 0 Å². The molecule has 3 aromatic rings. The van der Waals surface area contributed by atoms with E-state index in [0.717, 1.165) is 29.3 Å². The molecule has 4 rings (SSSR count). The molecule has 0 spiro atoms. The van der Waals surface area contributed by atoms with Gasteiger partial charge in [0.1, 0.15) is 0 Å². The summed E-state index contributed by atoms with van der Waals surface area (Å²) < 4.78 is 38.9. The summed E-state index contributed by atoms with van der Waals surface area (Å²) in [6.07, 6.45) is -3.71. The van der Waals surface area contributed by atoms with E-state index < -0.39 is 23.6 Å². The van der Waals surface area contributed by atoms with Crippen LogP contribution in [0.15, 0.2) is 72.8 Å². The fraction of sp³-hybridized carbons (Fsp3) is 0.231. The number of benzene rings is 3. The van der Waals surface area contributed by atoms with Crippen LogP contribution in [0.2, 0.25) is 5.02 Å². The molecule has 3 aromatic carbocycles. The smallest absolute Gasteiger partial charge is 0.339 e. The first-order valence-corrected chi connectivity index (χ1v) is 11.2.